The highest BCUT2D eigenvalue weighted by Gasteiger charge is 2.26. The number of carbonyl (C=O) groups is 1. The zero-order valence-electron chi connectivity index (χ0n) is 20.2. The topological polar surface area (TPSA) is 118 Å². The minimum atomic E-state index is -2.96. The Labute approximate surface area is 217 Å². The van der Waals surface area contributed by atoms with Gasteiger partial charge in [-0.1, -0.05) is 0 Å². The second-order valence-electron chi connectivity index (χ2n) is 8.52. The average molecular weight is 523 g/mol. The van der Waals surface area contributed by atoms with Crippen LogP contribution < -0.4 is 10.1 Å². The first-order valence-corrected chi connectivity index (χ1v) is 11.8. The number of anilines is 1. The van der Waals surface area contributed by atoms with Gasteiger partial charge in [-0.25, -0.2) is 0 Å². The number of halogens is 2. The molecule has 0 atom stereocenters. The molecule has 0 aromatic heterocycles. The van der Waals surface area contributed by atoms with Gasteiger partial charge in [0, 0.05) is 36.6 Å². The van der Waals surface area contributed by atoms with Crippen molar-refractivity contribution < 1.29 is 28.0 Å². The highest BCUT2D eigenvalue weighted by atomic mass is 19.3. The van der Waals surface area contributed by atoms with Gasteiger partial charge in [-0.05, 0) is 78.1 Å². The second kappa shape index (κ2) is 12.1. The molecule has 4 rings (SSSR count). The van der Waals surface area contributed by atoms with E-state index in [0.717, 1.165) is 22.4 Å². The maximum Gasteiger partial charge on any atom is 0.387 e. The molecule has 1 aliphatic carbocycles. The number of alkyl halides is 2. The molecular formula is C27H24F2N4O5. The summed E-state index contributed by atoms with van der Waals surface area (Å²) in [5, 5.41) is 23.3. The van der Waals surface area contributed by atoms with Crippen LogP contribution in [0.3, 0.4) is 0 Å². The fourth-order valence-corrected chi connectivity index (χ4v) is 4.32. The Morgan fingerprint density at radius 3 is 2.42 bits per heavy atom. The molecule has 0 spiro atoms. The molecule has 196 valence electrons. The molecule has 9 nitrogen and oxygen atoms in total. The fraction of sp³-hybridized carbons (Fsp3) is 0.259. The molecule has 2 aliphatic rings. The molecule has 0 saturated carbocycles. The molecule has 0 radical (unpaired) electrons. The van der Waals surface area contributed by atoms with E-state index in [9.17, 15) is 29.0 Å². The number of allylic oxidation sites excluding steroid dienone is 3. The number of nitrogens with zero attached hydrogens (tertiary/aromatic N) is 3. The third-order valence-electron chi connectivity index (χ3n) is 6.07. The number of nitro groups is 1. The van der Waals surface area contributed by atoms with E-state index < -0.39 is 17.4 Å². The summed E-state index contributed by atoms with van der Waals surface area (Å²) < 4.78 is 34.5. The summed E-state index contributed by atoms with van der Waals surface area (Å²) in [6.07, 6.45) is 4.81. The predicted molar refractivity (Wildman–Crippen MR) is 135 cm³/mol. The van der Waals surface area contributed by atoms with Gasteiger partial charge < -0.3 is 19.7 Å². The summed E-state index contributed by atoms with van der Waals surface area (Å²) in [6.45, 7) is -0.579. The highest BCUT2D eigenvalue weighted by molar-refractivity contribution is 6.07. The van der Waals surface area contributed by atoms with Crippen LogP contribution >= 0.6 is 0 Å². The molecule has 38 heavy (non-hydrogen) atoms. The van der Waals surface area contributed by atoms with E-state index >= 15 is 0 Å². The number of nitro benzene ring substituents is 1. The van der Waals surface area contributed by atoms with Crippen molar-refractivity contribution in [2.75, 3.05) is 31.6 Å². The van der Waals surface area contributed by atoms with Gasteiger partial charge in [0.15, 0.2) is 0 Å². The van der Waals surface area contributed by atoms with E-state index in [4.69, 9.17) is 4.74 Å². The molecule has 1 aliphatic heterocycles. The Morgan fingerprint density at radius 2 is 1.82 bits per heavy atom. The van der Waals surface area contributed by atoms with Crippen LogP contribution in [0.15, 0.2) is 77.0 Å². The van der Waals surface area contributed by atoms with E-state index in [1.165, 1.54) is 36.4 Å². The van der Waals surface area contributed by atoms with Gasteiger partial charge >= 0.3 is 6.61 Å². The van der Waals surface area contributed by atoms with Crippen LogP contribution in [0.25, 0.3) is 6.08 Å². The third-order valence-corrected chi connectivity index (χ3v) is 6.07. The third kappa shape index (κ3) is 6.60. The predicted octanol–water partition coefficient (Wildman–Crippen LogP) is 5.05. The van der Waals surface area contributed by atoms with Gasteiger partial charge in [-0.3, -0.25) is 14.9 Å². The van der Waals surface area contributed by atoms with Crippen LogP contribution in [0.4, 0.5) is 20.2 Å². The van der Waals surface area contributed by atoms with Gasteiger partial charge in [0.1, 0.15) is 17.4 Å². The summed E-state index contributed by atoms with van der Waals surface area (Å²) in [5.74, 6) is -0.677. The lowest BCUT2D eigenvalue weighted by Gasteiger charge is -2.31. The molecule has 0 bridgehead atoms. The first-order chi connectivity index (χ1) is 18.3. The van der Waals surface area contributed by atoms with Crippen LogP contribution in [0.5, 0.6) is 5.75 Å². The number of nitrogens with one attached hydrogen (secondary N) is 1. The summed E-state index contributed by atoms with van der Waals surface area (Å²) in [5.41, 5.74) is 3.78. The molecule has 1 fully saturated rings. The first kappa shape index (κ1) is 26.5. The van der Waals surface area contributed by atoms with Crippen LogP contribution in [0, 0.1) is 21.4 Å². The fourth-order valence-electron chi connectivity index (χ4n) is 4.32. The monoisotopic (exact) mass is 522 g/mol. The van der Waals surface area contributed by atoms with Crippen LogP contribution in [0.2, 0.25) is 0 Å². The maximum atomic E-state index is 12.9. The summed E-state index contributed by atoms with van der Waals surface area (Å²) in [6, 6.07) is 13.6. The summed E-state index contributed by atoms with van der Waals surface area (Å²) in [4.78, 5) is 25.5. The number of nitriles is 1. The minimum Gasteiger partial charge on any atom is -0.435 e. The van der Waals surface area contributed by atoms with Crippen molar-refractivity contribution in [3.8, 4) is 11.8 Å². The molecule has 1 saturated heterocycles. The Bertz CT molecular complexity index is 1320. The number of amides is 1. The molecule has 11 heteroatoms. The number of hydrogen-bond acceptors (Lipinski definition) is 7. The molecular weight excluding hydrogens is 498 g/mol. The SMILES string of the molecule is N#CC(=CC1=C(N2CCOCC2)/C(=C\c2ccc([N+](=O)[O-])cc2)CC1)C(=O)Nc1ccc(OC(F)F)cc1. The summed E-state index contributed by atoms with van der Waals surface area (Å²) >= 11 is 0. The molecule has 0 unspecified atom stereocenters. The highest BCUT2D eigenvalue weighted by Crippen LogP contribution is 2.37. The number of rotatable bonds is 8. The van der Waals surface area contributed by atoms with E-state index in [-0.39, 0.29) is 17.0 Å². The van der Waals surface area contributed by atoms with Crippen LogP contribution in [-0.4, -0.2) is 48.6 Å². The van der Waals surface area contributed by atoms with Crippen LogP contribution in [0.1, 0.15) is 18.4 Å². The number of ether oxygens (including phenoxy) is 2. The number of benzene rings is 2. The second-order valence-corrected chi connectivity index (χ2v) is 8.52. The van der Waals surface area contributed by atoms with Gasteiger partial charge in [0.05, 0.1) is 18.1 Å². The number of carbonyl (C=O) groups excluding carboxylic acids is 1. The number of morpholine rings is 1. The van der Waals surface area contributed by atoms with E-state index in [1.54, 1.807) is 18.2 Å². The zero-order chi connectivity index (χ0) is 27.1. The Hall–Kier alpha value is -4.56. The van der Waals surface area contributed by atoms with Crippen molar-refractivity contribution in [2.45, 2.75) is 19.5 Å². The largest absolute Gasteiger partial charge is 0.435 e. The molecule has 1 amide bonds. The normalized spacial score (nSPS) is 17.1. The maximum absolute atomic E-state index is 12.9. The lowest BCUT2D eigenvalue weighted by Crippen LogP contribution is -2.36. The Kier molecular flexibility index (Phi) is 8.45. The summed E-state index contributed by atoms with van der Waals surface area (Å²) in [7, 11) is 0. The van der Waals surface area contributed by atoms with Crippen molar-refractivity contribution in [2.24, 2.45) is 0 Å². The smallest absolute Gasteiger partial charge is 0.387 e. The molecule has 2 aromatic carbocycles. The van der Waals surface area contributed by atoms with E-state index in [2.05, 4.69) is 15.0 Å². The van der Waals surface area contributed by atoms with E-state index in [0.29, 0.717) is 44.8 Å². The van der Waals surface area contributed by atoms with Crippen molar-refractivity contribution in [3.05, 3.63) is 92.7 Å². The van der Waals surface area contributed by atoms with Gasteiger partial charge in [-0.2, -0.15) is 14.0 Å². The molecule has 1 N–H and O–H groups in total. The molecule has 1 heterocycles. The van der Waals surface area contributed by atoms with Gasteiger partial charge in [0.2, 0.25) is 0 Å². The van der Waals surface area contributed by atoms with Crippen molar-refractivity contribution in [1.82, 2.24) is 4.90 Å². The van der Waals surface area contributed by atoms with Crippen molar-refractivity contribution in [3.63, 3.8) is 0 Å². The minimum absolute atomic E-state index is 0.00648. The quantitative estimate of drug-likeness (QED) is 0.223. The van der Waals surface area contributed by atoms with Crippen molar-refractivity contribution >= 4 is 23.4 Å². The Morgan fingerprint density at radius 1 is 1.13 bits per heavy atom. The average Bonchev–Trinajstić information content (AvgIpc) is 3.30. The number of hydrogen-bond donors (Lipinski definition) is 1. The first-order valence-electron chi connectivity index (χ1n) is 11.8. The lowest BCUT2D eigenvalue weighted by atomic mass is 10.1. The Balaban J connectivity index is 1.61. The number of non-ortho nitro benzene ring substituents is 1. The van der Waals surface area contributed by atoms with Crippen LogP contribution in [-0.2, 0) is 9.53 Å². The molecule has 2 aromatic rings. The van der Waals surface area contributed by atoms with Gasteiger partial charge in [-0.15, -0.1) is 0 Å². The standard InChI is InChI=1S/C27H24F2N4O5/c28-27(29)38-24-9-5-22(6-10-24)31-26(34)21(17-30)16-20-4-3-19(25(20)32-11-13-37-14-12-32)15-18-1-7-23(8-2-18)33(35)36/h1-2,5-10,15-16,27H,3-4,11-14H2,(H,31,34)/b19-15-,21-16?. The lowest BCUT2D eigenvalue weighted by molar-refractivity contribution is -0.384. The zero-order valence-corrected chi connectivity index (χ0v) is 20.2. The van der Waals surface area contributed by atoms with Crippen molar-refractivity contribution in [1.29, 1.82) is 5.26 Å². The van der Waals surface area contributed by atoms with E-state index in [1.807, 2.05) is 12.1 Å². The van der Waals surface area contributed by atoms with Gasteiger partial charge in [0.25, 0.3) is 11.6 Å².